The molecule has 0 saturated carbocycles. The van der Waals surface area contributed by atoms with Gasteiger partial charge in [0.1, 0.15) is 0 Å². The minimum absolute atomic E-state index is 0.833. The molecule has 11 heavy (non-hydrogen) atoms. The molecule has 0 aliphatic rings. The van der Waals surface area contributed by atoms with Crippen molar-refractivity contribution in [1.29, 1.82) is 0 Å². The van der Waals surface area contributed by atoms with Crippen molar-refractivity contribution < 1.29 is 34.4 Å². The Kier molecular flexibility index (Phi) is 6.87. The van der Waals surface area contributed by atoms with Crippen LogP contribution in [0.2, 0.25) is 0 Å². The summed E-state index contributed by atoms with van der Waals surface area (Å²) in [6.07, 6.45) is -3.62. The maximum atomic E-state index is 9.21. The van der Waals surface area contributed by atoms with Crippen LogP contribution in [0.4, 0.5) is 9.59 Å². The van der Waals surface area contributed by atoms with Crippen molar-refractivity contribution in [2.75, 3.05) is 0 Å². The van der Waals surface area contributed by atoms with Crippen molar-refractivity contribution >= 4 is 18.3 Å². The van der Waals surface area contributed by atoms with E-state index in [0.29, 0.717) is 0 Å². The van der Waals surface area contributed by atoms with Crippen LogP contribution in [-0.2, 0) is 9.53 Å². The molecule has 0 aromatic rings. The van der Waals surface area contributed by atoms with Crippen LogP contribution in [0.5, 0.6) is 0 Å². The number of hydrogen-bond acceptors (Lipinski definition) is 4. The van der Waals surface area contributed by atoms with Gasteiger partial charge in [-0.3, -0.25) is 4.79 Å². The Morgan fingerprint density at radius 3 is 1.18 bits per heavy atom. The third-order valence-corrected chi connectivity index (χ3v) is 0.175. The van der Waals surface area contributed by atoms with Gasteiger partial charge in [-0.05, 0) is 0 Å². The van der Waals surface area contributed by atoms with E-state index < -0.39 is 18.3 Å². The van der Waals surface area contributed by atoms with Gasteiger partial charge in [0.25, 0.3) is 5.97 Å². The van der Waals surface area contributed by atoms with Crippen LogP contribution in [0, 0.1) is 0 Å². The van der Waals surface area contributed by atoms with E-state index in [1.54, 1.807) is 0 Å². The molecule has 0 heterocycles. The fourth-order valence-corrected chi connectivity index (χ4v) is 0.0747. The van der Waals surface area contributed by atoms with Crippen LogP contribution in [0.25, 0.3) is 0 Å². The zero-order valence-electron chi connectivity index (χ0n) is 5.47. The van der Waals surface area contributed by atoms with Gasteiger partial charge in [-0.15, -0.1) is 0 Å². The molecule has 7 heteroatoms. The summed E-state index contributed by atoms with van der Waals surface area (Å²) in [5.41, 5.74) is 0. The summed E-state index contributed by atoms with van der Waals surface area (Å²) in [6, 6.07) is 0. The smallest absolute Gasteiger partial charge is 0.481 e. The lowest BCUT2D eigenvalue weighted by molar-refractivity contribution is -0.134. The molecule has 0 aromatic carbocycles. The number of carboxylic acid groups (broad SMARTS) is 3. The van der Waals surface area contributed by atoms with Crippen molar-refractivity contribution in [3.05, 3.63) is 0 Å². The van der Waals surface area contributed by atoms with Crippen LogP contribution in [0.15, 0.2) is 0 Å². The minimum atomic E-state index is -1.81. The maximum Gasteiger partial charge on any atom is 0.516 e. The maximum absolute atomic E-state index is 9.21. The van der Waals surface area contributed by atoms with Gasteiger partial charge in [0, 0.05) is 6.92 Å². The van der Waals surface area contributed by atoms with Gasteiger partial charge in [-0.1, -0.05) is 0 Å². The lowest BCUT2D eigenvalue weighted by Crippen LogP contribution is -2.05. The lowest BCUT2D eigenvalue weighted by atomic mass is 10.9. The van der Waals surface area contributed by atoms with E-state index >= 15 is 0 Å². The van der Waals surface area contributed by atoms with E-state index in [-0.39, 0.29) is 0 Å². The molecular weight excluding hydrogens is 160 g/mol. The van der Waals surface area contributed by atoms with Crippen LogP contribution in [0.1, 0.15) is 6.92 Å². The van der Waals surface area contributed by atoms with Gasteiger partial charge < -0.3 is 20.1 Å². The van der Waals surface area contributed by atoms with E-state index in [1.807, 2.05) is 0 Å². The number of aliphatic carboxylic acids is 1. The second-order valence-corrected chi connectivity index (χ2v) is 1.15. The lowest BCUT2D eigenvalue weighted by Gasteiger charge is -1.84. The van der Waals surface area contributed by atoms with Gasteiger partial charge in [-0.2, -0.15) is 0 Å². The zero-order chi connectivity index (χ0) is 9.44. The first kappa shape index (κ1) is 11.9. The van der Waals surface area contributed by atoms with E-state index in [0.717, 1.165) is 6.92 Å². The zero-order valence-corrected chi connectivity index (χ0v) is 5.47. The molecule has 0 aromatic heterocycles. The molecule has 0 radical (unpaired) electrons. The largest absolute Gasteiger partial charge is 0.516 e. The predicted octanol–water partition coefficient (Wildman–Crippen LogP) is 0.450. The molecule has 0 fully saturated rings. The molecule has 0 bridgehead atoms. The van der Waals surface area contributed by atoms with Gasteiger partial charge in [0.2, 0.25) is 0 Å². The Bertz CT molecular complexity index is 144. The van der Waals surface area contributed by atoms with Gasteiger partial charge in [0.15, 0.2) is 0 Å². The minimum Gasteiger partial charge on any atom is -0.481 e. The summed E-state index contributed by atoms with van der Waals surface area (Å²) in [5.74, 6) is -0.833. The molecule has 0 amide bonds. The topological polar surface area (TPSA) is 121 Å². The van der Waals surface area contributed by atoms with E-state index in [4.69, 9.17) is 20.1 Å². The van der Waals surface area contributed by atoms with Crippen LogP contribution >= 0.6 is 0 Å². The van der Waals surface area contributed by atoms with Crippen LogP contribution < -0.4 is 0 Å². The van der Waals surface area contributed by atoms with Crippen molar-refractivity contribution in [3.8, 4) is 0 Å². The van der Waals surface area contributed by atoms with Crippen LogP contribution in [0.3, 0.4) is 0 Å². The second-order valence-electron chi connectivity index (χ2n) is 1.15. The Balaban J connectivity index is 0. The molecule has 3 N–H and O–H groups in total. The summed E-state index contributed by atoms with van der Waals surface area (Å²) in [4.78, 5) is 27.4. The summed E-state index contributed by atoms with van der Waals surface area (Å²) < 4.78 is 3.08. The predicted molar refractivity (Wildman–Crippen MR) is 30.4 cm³/mol. The number of rotatable bonds is 0. The Labute approximate surface area is 60.8 Å². The van der Waals surface area contributed by atoms with Crippen molar-refractivity contribution in [2.45, 2.75) is 6.92 Å². The van der Waals surface area contributed by atoms with E-state index in [9.17, 15) is 9.59 Å². The van der Waals surface area contributed by atoms with Crippen molar-refractivity contribution in [2.24, 2.45) is 0 Å². The standard InChI is InChI=1S/C2H2O5.C2H4O2/c3-1(4)7-2(5)6;1-2(3)4/h(H,3,4)(H,5,6);1H3,(H,3,4). The van der Waals surface area contributed by atoms with Crippen molar-refractivity contribution in [3.63, 3.8) is 0 Å². The summed E-state index contributed by atoms with van der Waals surface area (Å²) >= 11 is 0. The molecule has 0 unspecified atom stereocenters. The number of hydrogen-bond donors (Lipinski definition) is 3. The highest BCUT2D eigenvalue weighted by atomic mass is 16.7. The molecule has 0 atom stereocenters. The molecule has 0 saturated heterocycles. The normalized spacial score (nSPS) is 7.00. The average Bonchev–Trinajstić information content (AvgIpc) is 1.56. The highest BCUT2D eigenvalue weighted by Crippen LogP contribution is 1.73. The van der Waals surface area contributed by atoms with Gasteiger partial charge in [0.05, 0.1) is 0 Å². The summed E-state index contributed by atoms with van der Waals surface area (Å²) in [5, 5.41) is 22.4. The molecule has 0 aliphatic heterocycles. The molecule has 0 aliphatic carbocycles. The SMILES string of the molecule is CC(=O)O.O=C(O)OC(=O)O. The first-order chi connectivity index (χ1) is 4.86. The Morgan fingerprint density at radius 1 is 1.00 bits per heavy atom. The molecular formula is C4H6O7. The number of ether oxygens (including phenoxy) is 1. The Hall–Kier alpha value is -1.79. The van der Waals surface area contributed by atoms with Gasteiger partial charge in [-0.25, -0.2) is 9.59 Å². The monoisotopic (exact) mass is 166 g/mol. The number of carboxylic acids is 1. The average molecular weight is 166 g/mol. The molecule has 0 spiro atoms. The fourth-order valence-electron chi connectivity index (χ4n) is 0.0747. The molecule has 64 valence electrons. The second kappa shape index (κ2) is 6.33. The molecule has 0 rings (SSSR count). The first-order valence-electron chi connectivity index (χ1n) is 2.19. The highest BCUT2D eigenvalue weighted by Gasteiger charge is 2.01. The van der Waals surface area contributed by atoms with Crippen molar-refractivity contribution in [1.82, 2.24) is 0 Å². The summed E-state index contributed by atoms with van der Waals surface area (Å²) in [7, 11) is 0. The quantitative estimate of drug-likeness (QED) is 0.352. The summed E-state index contributed by atoms with van der Waals surface area (Å²) in [6.45, 7) is 1.08. The molecule has 7 nitrogen and oxygen atoms in total. The third kappa shape index (κ3) is 64.8. The van der Waals surface area contributed by atoms with Crippen LogP contribution in [-0.4, -0.2) is 33.6 Å². The van der Waals surface area contributed by atoms with Gasteiger partial charge >= 0.3 is 12.3 Å². The first-order valence-corrected chi connectivity index (χ1v) is 2.19. The number of carbonyl (C=O) groups is 3. The van der Waals surface area contributed by atoms with E-state index in [2.05, 4.69) is 4.74 Å². The Morgan fingerprint density at radius 2 is 1.18 bits per heavy atom. The van der Waals surface area contributed by atoms with E-state index in [1.165, 1.54) is 0 Å². The fraction of sp³-hybridized carbons (Fsp3) is 0.250. The highest BCUT2D eigenvalue weighted by molar-refractivity contribution is 5.74. The third-order valence-electron chi connectivity index (χ3n) is 0.175.